The average molecular weight is 260 g/mol. The Balaban J connectivity index is 1.73. The Labute approximate surface area is 91.7 Å². The summed E-state index contributed by atoms with van der Waals surface area (Å²) in [6, 6.07) is 4.29. The Morgan fingerprint density at radius 2 is 2.31 bits per heavy atom. The van der Waals surface area contributed by atoms with Gasteiger partial charge >= 0.3 is 0 Å². The Bertz CT molecular complexity index is 291. The van der Waals surface area contributed by atoms with Crippen LogP contribution in [0.25, 0.3) is 0 Å². The zero-order valence-corrected chi connectivity index (χ0v) is 10.2. The highest BCUT2D eigenvalue weighted by Gasteiger charge is 2.36. The summed E-state index contributed by atoms with van der Waals surface area (Å²) in [7, 11) is 0. The average Bonchev–Trinajstić information content (AvgIpc) is 2.65. The lowest BCUT2D eigenvalue weighted by atomic mass is 10.1. The highest BCUT2D eigenvalue weighted by molar-refractivity contribution is 9.11. The summed E-state index contributed by atoms with van der Waals surface area (Å²) >= 11 is 5.28. The van der Waals surface area contributed by atoms with Gasteiger partial charge in [-0.25, -0.2) is 0 Å². The third-order valence-electron chi connectivity index (χ3n) is 2.58. The molecule has 2 rings (SSSR count). The van der Waals surface area contributed by atoms with Crippen LogP contribution in [0.4, 0.5) is 0 Å². The van der Waals surface area contributed by atoms with Crippen molar-refractivity contribution >= 4 is 27.3 Å². The number of rotatable bonds is 4. The first-order chi connectivity index (χ1) is 6.18. The third-order valence-corrected chi connectivity index (χ3v) is 4.21. The van der Waals surface area contributed by atoms with Gasteiger partial charge in [-0.1, -0.05) is 6.92 Å². The maximum Gasteiger partial charge on any atom is 0.0701 e. The zero-order chi connectivity index (χ0) is 9.31. The molecule has 1 aliphatic carbocycles. The number of thiophene rings is 1. The van der Waals surface area contributed by atoms with Gasteiger partial charge in [0.25, 0.3) is 0 Å². The van der Waals surface area contributed by atoms with Gasteiger partial charge in [0.1, 0.15) is 0 Å². The van der Waals surface area contributed by atoms with Gasteiger partial charge in [0.2, 0.25) is 0 Å². The van der Waals surface area contributed by atoms with Gasteiger partial charge in [-0.3, -0.25) is 0 Å². The molecule has 1 aromatic heterocycles. The zero-order valence-electron chi connectivity index (χ0n) is 7.77. The van der Waals surface area contributed by atoms with E-state index < -0.39 is 0 Å². The quantitative estimate of drug-likeness (QED) is 0.874. The summed E-state index contributed by atoms with van der Waals surface area (Å²) in [5.41, 5.74) is 0.620. The molecule has 0 saturated heterocycles. The molecule has 0 radical (unpaired) electrons. The van der Waals surface area contributed by atoms with Crippen molar-refractivity contribution in [2.75, 3.05) is 6.54 Å². The minimum atomic E-state index is 0.620. The Hall–Kier alpha value is 0.140. The van der Waals surface area contributed by atoms with Crippen molar-refractivity contribution in [3.05, 3.63) is 20.8 Å². The second-order valence-electron chi connectivity index (χ2n) is 4.12. The molecular weight excluding hydrogens is 246 g/mol. The van der Waals surface area contributed by atoms with Gasteiger partial charge in [0.05, 0.1) is 3.79 Å². The molecule has 0 aliphatic heterocycles. The molecule has 0 atom stereocenters. The minimum Gasteiger partial charge on any atom is -0.311 e. The molecule has 0 bridgehead atoms. The van der Waals surface area contributed by atoms with Gasteiger partial charge in [-0.05, 0) is 46.3 Å². The highest BCUT2D eigenvalue weighted by Crippen LogP contribution is 2.44. The van der Waals surface area contributed by atoms with Crippen LogP contribution >= 0.6 is 27.3 Å². The number of hydrogen-bond acceptors (Lipinski definition) is 2. The van der Waals surface area contributed by atoms with Crippen molar-refractivity contribution in [3.8, 4) is 0 Å². The highest BCUT2D eigenvalue weighted by atomic mass is 79.9. The lowest BCUT2D eigenvalue weighted by Crippen LogP contribution is -2.20. The van der Waals surface area contributed by atoms with Crippen molar-refractivity contribution in [1.82, 2.24) is 5.32 Å². The Morgan fingerprint density at radius 1 is 1.54 bits per heavy atom. The fraction of sp³-hybridized carbons (Fsp3) is 0.600. The second-order valence-corrected chi connectivity index (χ2v) is 6.67. The van der Waals surface area contributed by atoms with Crippen LogP contribution in [0.1, 0.15) is 24.6 Å². The van der Waals surface area contributed by atoms with E-state index in [1.807, 2.05) is 11.3 Å². The molecule has 1 aliphatic rings. The molecule has 0 spiro atoms. The Kier molecular flexibility index (Phi) is 2.77. The van der Waals surface area contributed by atoms with E-state index in [4.69, 9.17) is 0 Å². The first-order valence-corrected chi connectivity index (χ1v) is 6.24. The van der Waals surface area contributed by atoms with Crippen LogP contribution in [0, 0.1) is 5.41 Å². The minimum absolute atomic E-state index is 0.620. The molecule has 0 unspecified atom stereocenters. The largest absolute Gasteiger partial charge is 0.311 e. The molecule has 1 saturated carbocycles. The molecular formula is C10H14BrNS. The summed E-state index contributed by atoms with van der Waals surface area (Å²) in [6.07, 6.45) is 2.79. The van der Waals surface area contributed by atoms with E-state index in [0.717, 1.165) is 6.54 Å². The van der Waals surface area contributed by atoms with Crippen molar-refractivity contribution in [2.24, 2.45) is 5.41 Å². The van der Waals surface area contributed by atoms with E-state index in [-0.39, 0.29) is 0 Å². The van der Waals surface area contributed by atoms with E-state index in [2.05, 4.69) is 40.3 Å². The van der Waals surface area contributed by atoms with E-state index in [9.17, 15) is 0 Å². The van der Waals surface area contributed by atoms with Gasteiger partial charge in [-0.15, -0.1) is 11.3 Å². The normalized spacial score (nSPS) is 18.9. The van der Waals surface area contributed by atoms with Crippen LogP contribution in [0.15, 0.2) is 15.9 Å². The van der Waals surface area contributed by atoms with Crippen LogP contribution < -0.4 is 5.32 Å². The van der Waals surface area contributed by atoms with E-state index in [0.29, 0.717) is 5.41 Å². The number of nitrogens with one attached hydrogen (secondary N) is 1. The van der Waals surface area contributed by atoms with Gasteiger partial charge < -0.3 is 5.32 Å². The molecule has 0 amide bonds. The molecule has 72 valence electrons. The molecule has 0 aromatic carbocycles. The maximum atomic E-state index is 3.51. The SMILES string of the molecule is CC1(CNCc2ccc(Br)s2)CC1. The topological polar surface area (TPSA) is 12.0 Å². The van der Waals surface area contributed by atoms with Crippen LogP contribution in [0.3, 0.4) is 0 Å². The first-order valence-electron chi connectivity index (χ1n) is 4.63. The predicted octanol–water partition coefficient (Wildman–Crippen LogP) is 3.40. The van der Waals surface area contributed by atoms with Crippen molar-refractivity contribution in [1.29, 1.82) is 0 Å². The number of halogens is 1. The summed E-state index contributed by atoms with van der Waals surface area (Å²) in [5.74, 6) is 0. The van der Waals surface area contributed by atoms with Gasteiger partial charge in [0.15, 0.2) is 0 Å². The lowest BCUT2D eigenvalue weighted by molar-refractivity contribution is 0.501. The lowest BCUT2D eigenvalue weighted by Gasteiger charge is -2.08. The molecule has 1 fully saturated rings. The Morgan fingerprint density at radius 3 is 2.85 bits per heavy atom. The molecule has 1 N–H and O–H groups in total. The van der Waals surface area contributed by atoms with Crippen LogP contribution in [0.2, 0.25) is 0 Å². The van der Waals surface area contributed by atoms with E-state index >= 15 is 0 Å². The third kappa shape index (κ3) is 2.79. The van der Waals surface area contributed by atoms with E-state index in [1.54, 1.807) is 0 Å². The smallest absolute Gasteiger partial charge is 0.0701 e. The molecule has 13 heavy (non-hydrogen) atoms. The van der Waals surface area contributed by atoms with Gasteiger partial charge in [0, 0.05) is 18.0 Å². The molecule has 1 nitrogen and oxygen atoms in total. The molecule has 1 heterocycles. The van der Waals surface area contributed by atoms with E-state index in [1.165, 1.54) is 28.0 Å². The van der Waals surface area contributed by atoms with Crippen LogP contribution in [-0.4, -0.2) is 6.54 Å². The first kappa shape index (κ1) is 9.69. The standard InChI is InChI=1S/C10H14BrNS/c1-10(4-5-10)7-12-6-8-2-3-9(11)13-8/h2-3,12H,4-7H2,1H3. The summed E-state index contributed by atoms with van der Waals surface area (Å²) in [6.45, 7) is 4.54. The summed E-state index contributed by atoms with van der Waals surface area (Å²) in [4.78, 5) is 1.41. The predicted molar refractivity (Wildman–Crippen MR) is 61.1 cm³/mol. The van der Waals surface area contributed by atoms with Crippen molar-refractivity contribution in [2.45, 2.75) is 26.3 Å². The molecule has 3 heteroatoms. The van der Waals surface area contributed by atoms with Gasteiger partial charge in [-0.2, -0.15) is 0 Å². The summed E-state index contributed by atoms with van der Waals surface area (Å²) < 4.78 is 1.22. The maximum absolute atomic E-state index is 3.51. The van der Waals surface area contributed by atoms with Crippen LogP contribution in [0.5, 0.6) is 0 Å². The van der Waals surface area contributed by atoms with Crippen molar-refractivity contribution < 1.29 is 0 Å². The van der Waals surface area contributed by atoms with Crippen LogP contribution in [-0.2, 0) is 6.54 Å². The summed E-state index contributed by atoms with van der Waals surface area (Å²) in [5, 5.41) is 3.51. The second kappa shape index (κ2) is 3.71. The monoisotopic (exact) mass is 259 g/mol. The fourth-order valence-electron chi connectivity index (χ4n) is 1.32. The molecule has 1 aromatic rings. The fourth-order valence-corrected chi connectivity index (χ4v) is 2.78. The van der Waals surface area contributed by atoms with Crippen molar-refractivity contribution in [3.63, 3.8) is 0 Å². The number of hydrogen-bond donors (Lipinski definition) is 1.